The van der Waals surface area contributed by atoms with E-state index in [2.05, 4.69) is 11.0 Å². The molecule has 1 aliphatic rings. The van der Waals surface area contributed by atoms with Gasteiger partial charge in [0.15, 0.2) is 0 Å². The molecule has 2 nitrogen and oxygen atoms in total. The van der Waals surface area contributed by atoms with Crippen molar-refractivity contribution in [2.75, 3.05) is 25.5 Å². The van der Waals surface area contributed by atoms with Crippen molar-refractivity contribution in [2.45, 2.75) is 18.9 Å². The van der Waals surface area contributed by atoms with Crippen LogP contribution in [0.15, 0.2) is 12.2 Å². The van der Waals surface area contributed by atoms with Crippen LogP contribution in [0.3, 0.4) is 0 Å². The SMILES string of the molecule is CC1(O)CCN(C/C=C/CCl)C1. The van der Waals surface area contributed by atoms with E-state index < -0.39 is 5.60 Å². The van der Waals surface area contributed by atoms with Crippen LogP contribution in [0.4, 0.5) is 0 Å². The average molecular weight is 190 g/mol. The summed E-state index contributed by atoms with van der Waals surface area (Å²) in [5.41, 5.74) is -0.477. The Hall–Kier alpha value is -0.0500. The Morgan fingerprint density at radius 3 is 2.83 bits per heavy atom. The molecular weight excluding hydrogens is 174 g/mol. The Labute approximate surface area is 78.8 Å². The first kappa shape index (κ1) is 10.0. The van der Waals surface area contributed by atoms with Gasteiger partial charge in [-0.15, -0.1) is 11.6 Å². The fourth-order valence-corrected chi connectivity index (χ4v) is 1.61. The summed E-state index contributed by atoms with van der Waals surface area (Å²) in [5, 5.41) is 9.63. The van der Waals surface area contributed by atoms with Crippen LogP contribution in [0.25, 0.3) is 0 Å². The third kappa shape index (κ3) is 3.13. The van der Waals surface area contributed by atoms with E-state index in [0.717, 1.165) is 26.1 Å². The van der Waals surface area contributed by atoms with Gasteiger partial charge in [0.25, 0.3) is 0 Å². The van der Waals surface area contributed by atoms with Crippen molar-refractivity contribution in [3.05, 3.63) is 12.2 Å². The van der Waals surface area contributed by atoms with Crippen molar-refractivity contribution in [2.24, 2.45) is 0 Å². The summed E-state index contributed by atoms with van der Waals surface area (Å²) in [5.74, 6) is 0.574. The summed E-state index contributed by atoms with van der Waals surface area (Å²) in [7, 11) is 0. The number of alkyl halides is 1. The molecule has 1 N–H and O–H groups in total. The van der Waals surface area contributed by atoms with Crippen LogP contribution in [0.2, 0.25) is 0 Å². The highest BCUT2D eigenvalue weighted by Gasteiger charge is 2.30. The maximum Gasteiger partial charge on any atom is 0.0758 e. The number of hydrogen-bond donors (Lipinski definition) is 1. The largest absolute Gasteiger partial charge is 0.389 e. The number of halogens is 1. The zero-order valence-electron chi connectivity index (χ0n) is 7.46. The lowest BCUT2D eigenvalue weighted by molar-refractivity contribution is 0.0702. The second kappa shape index (κ2) is 4.26. The molecule has 1 atom stereocenters. The second-order valence-corrected chi connectivity index (χ2v) is 3.92. The van der Waals surface area contributed by atoms with Gasteiger partial charge in [-0.2, -0.15) is 0 Å². The Balaban J connectivity index is 2.24. The van der Waals surface area contributed by atoms with Gasteiger partial charge >= 0.3 is 0 Å². The van der Waals surface area contributed by atoms with Gasteiger partial charge in [-0.05, 0) is 13.3 Å². The molecule has 0 aromatic rings. The second-order valence-electron chi connectivity index (χ2n) is 3.61. The molecule has 1 unspecified atom stereocenters. The van der Waals surface area contributed by atoms with Gasteiger partial charge < -0.3 is 5.11 Å². The molecule has 0 aliphatic carbocycles. The van der Waals surface area contributed by atoms with Crippen LogP contribution < -0.4 is 0 Å². The molecule has 0 aromatic carbocycles. The number of hydrogen-bond acceptors (Lipinski definition) is 2. The molecule has 1 aliphatic heterocycles. The molecule has 3 heteroatoms. The Kier molecular flexibility index (Phi) is 3.56. The van der Waals surface area contributed by atoms with Gasteiger partial charge in [0.2, 0.25) is 0 Å². The molecule has 70 valence electrons. The molecular formula is C9H16ClNO. The normalized spacial score (nSPS) is 31.9. The molecule has 1 rings (SSSR count). The molecule has 1 fully saturated rings. The predicted molar refractivity (Wildman–Crippen MR) is 51.5 cm³/mol. The molecule has 12 heavy (non-hydrogen) atoms. The highest BCUT2D eigenvalue weighted by atomic mass is 35.5. The zero-order valence-corrected chi connectivity index (χ0v) is 8.22. The Morgan fingerprint density at radius 2 is 2.33 bits per heavy atom. The zero-order chi connectivity index (χ0) is 9.03. The molecule has 0 saturated carbocycles. The van der Waals surface area contributed by atoms with Crippen molar-refractivity contribution >= 4 is 11.6 Å². The number of rotatable bonds is 3. The fourth-order valence-electron chi connectivity index (χ4n) is 1.48. The fraction of sp³-hybridized carbons (Fsp3) is 0.778. The summed E-state index contributed by atoms with van der Waals surface area (Å²) in [6.45, 7) is 4.56. The van der Waals surface area contributed by atoms with E-state index in [0.29, 0.717) is 5.88 Å². The summed E-state index contributed by atoms with van der Waals surface area (Å²) in [6.07, 6.45) is 4.87. The lowest BCUT2D eigenvalue weighted by Crippen LogP contribution is -2.29. The smallest absolute Gasteiger partial charge is 0.0758 e. The monoisotopic (exact) mass is 189 g/mol. The van der Waals surface area contributed by atoms with Crippen molar-refractivity contribution < 1.29 is 5.11 Å². The number of nitrogens with zero attached hydrogens (tertiary/aromatic N) is 1. The standard InChI is InChI=1S/C9H16ClNO/c1-9(12)4-7-11(8-9)6-3-2-5-10/h2-3,12H,4-8H2,1H3/b3-2+. The quantitative estimate of drug-likeness (QED) is 0.534. The van der Waals surface area contributed by atoms with Crippen LogP contribution in [-0.2, 0) is 0 Å². The van der Waals surface area contributed by atoms with Gasteiger partial charge in [-0.3, -0.25) is 4.90 Å². The van der Waals surface area contributed by atoms with Gasteiger partial charge in [-0.1, -0.05) is 12.2 Å². The Bertz CT molecular complexity index is 168. The molecule has 0 bridgehead atoms. The van der Waals surface area contributed by atoms with Crippen molar-refractivity contribution in [3.63, 3.8) is 0 Å². The lowest BCUT2D eigenvalue weighted by Gasteiger charge is -2.16. The minimum atomic E-state index is -0.477. The van der Waals surface area contributed by atoms with Crippen LogP contribution in [0, 0.1) is 0 Å². The molecule has 0 amide bonds. The van der Waals surface area contributed by atoms with E-state index in [1.807, 2.05) is 13.0 Å². The summed E-state index contributed by atoms with van der Waals surface area (Å²) < 4.78 is 0. The maximum atomic E-state index is 9.63. The third-order valence-corrected chi connectivity index (χ3v) is 2.33. The van der Waals surface area contributed by atoms with E-state index in [1.54, 1.807) is 0 Å². The molecule has 1 heterocycles. The highest BCUT2D eigenvalue weighted by Crippen LogP contribution is 2.19. The van der Waals surface area contributed by atoms with Crippen molar-refractivity contribution in [1.29, 1.82) is 0 Å². The van der Waals surface area contributed by atoms with Gasteiger partial charge in [0, 0.05) is 25.5 Å². The topological polar surface area (TPSA) is 23.5 Å². The van der Waals surface area contributed by atoms with E-state index in [4.69, 9.17) is 11.6 Å². The summed E-state index contributed by atoms with van der Waals surface area (Å²) in [6, 6.07) is 0. The van der Waals surface area contributed by atoms with Gasteiger partial charge in [0.1, 0.15) is 0 Å². The van der Waals surface area contributed by atoms with Gasteiger partial charge in [-0.25, -0.2) is 0 Å². The number of aliphatic hydroxyl groups is 1. The van der Waals surface area contributed by atoms with Crippen LogP contribution >= 0.6 is 11.6 Å². The van der Waals surface area contributed by atoms with E-state index in [-0.39, 0.29) is 0 Å². The first-order valence-electron chi connectivity index (χ1n) is 4.30. The molecule has 1 saturated heterocycles. The minimum absolute atomic E-state index is 0.477. The molecule has 0 radical (unpaired) electrons. The van der Waals surface area contributed by atoms with Gasteiger partial charge in [0.05, 0.1) is 5.60 Å². The summed E-state index contributed by atoms with van der Waals surface area (Å²) in [4.78, 5) is 2.23. The maximum absolute atomic E-state index is 9.63. The van der Waals surface area contributed by atoms with Crippen molar-refractivity contribution in [1.82, 2.24) is 4.90 Å². The van der Waals surface area contributed by atoms with Crippen LogP contribution in [0.5, 0.6) is 0 Å². The highest BCUT2D eigenvalue weighted by molar-refractivity contribution is 6.18. The first-order valence-corrected chi connectivity index (χ1v) is 4.83. The number of allylic oxidation sites excluding steroid dienone is 1. The molecule has 0 aromatic heterocycles. The Morgan fingerprint density at radius 1 is 1.58 bits per heavy atom. The average Bonchev–Trinajstić information content (AvgIpc) is 2.31. The first-order chi connectivity index (χ1) is 5.64. The number of likely N-dealkylation sites (tertiary alicyclic amines) is 1. The van der Waals surface area contributed by atoms with E-state index in [1.165, 1.54) is 0 Å². The number of β-amino-alcohol motifs (C(OH)–C–C–N with tert-alkyl or cyclic N) is 1. The lowest BCUT2D eigenvalue weighted by atomic mass is 10.1. The van der Waals surface area contributed by atoms with Crippen LogP contribution in [-0.4, -0.2) is 41.1 Å². The third-order valence-electron chi connectivity index (χ3n) is 2.15. The summed E-state index contributed by atoms with van der Waals surface area (Å²) >= 11 is 5.49. The van der Waals surface area contributed by atoms with E-state index in [9.17, 15) is 5.11 Å². The van der Waals surface area contributed by atoms with Crippen LogP contribution in [0.1, 0.15) is 13.3 Å². The predicted octanol–water partition coefficient (Wildman–Crippen LogP) is 1.24. The van der Waals surface area contributed by atoms with E-state index >= 15 is 0 Å². The minimum Gasteiger partial charge on any atom is -0.389 e. The molecule has 0 spiro atoms. The van der Waals surface area contributed by atoms with Crippen molar-refractivity contribution in [3.8, 4) is 0 Å².